The molecule has 1 saturated carbocycles. The van der Waals surface area contributed by atoms with Gasteiger partial charge in [-0.25, -0.2) is 4.90 Å². The Morgan fingerprint density at radius 3 is 2.47 bits per heavy atom. The summed E-state index contributed by atoms with van der Waals surface area (Å²) in [7, 11) is -2.18. The summed E-state index contributed by atoms with van der Waals surface area (Å²) in [5.41, 5.74) is 0.459. The Hall–Kier alpha value is -1.70. The van der Waals surface area contributed by atoms with Crippen LogP contribution >= 0.6 is 0 Å². The number of hydrogen-bond donors (Lipinski definition) is 0. The van der Waals surface area contributed by atoms with E-state index >= 15 is 0 Å². The van der Waals surface area contributed by atoms with Gasteiger partial charge in [-0.05, 0) is 86.1 Å². The van der Waals surface area contributed by atoms with Crippen molar-refractivity contribution in [3.05, 3.63) is 34.6 Å². The molecule has 0 aromatic rings. The molecule has 9 atom stereocenters. The van der Waals surface area contributed by atoms with Crippen LogP contribution in [0.15, 0.2) is 34.6 Å². The second-order valence-corrected chi connectivity index (χ2v) is 22.5. The zero-order chi connectivity index (χ0) is 31.3. The summed E-state index contributed by atoms with van der Waals surface area (Å²) in [5, 5.41) is 0.0312. The van der Waals surface area contributed by atoms with Crippen molar-refractivity contribution in [2.75, 3.05) is 6.54 Å². The van der Waals surface area contributed by atoms with Crippen molar-refractivity contribution in [1.29, 1.82) is 0 Å². The van der Waals surface area contributed by atoms with E-state index in [2.05, 4.69) is 85.5 Å². The van der Waals surface area contributed by atoms with Crippen LogP contribution in [-0.2, 0) is 23.5 Å². The fraction of sp³-hybridized carbons (Fsp3) is 0.778. The zero-order valence-electron chi connectivity index (χ0n) is 28.4. The number of Topliss-reactive ketones (excluding diaryl/α,β-unsaturated/α-hetero) is 1. The van der Waals surface area contributed by atoms with Crippen LogP contribution in [0.2, 0.25) is 18.1 Å². The number of carbonyl (C=O) groups is 2. The Balaban J connectivity index is 1.42. The molecule has 1 spiro atoms. The molecular formula is C36H53NO5Si. The smallest absolute Gasteiger partial charge is 0.308 e. The molecule has 3 aliphatic carbocycles. The fourth-order valence-corrected chi connectivity index (χ4v) is 12.1. The molecule has 6 nitrogen and oxygen atoms in total. The van der Waals surface area contributed by atoms with E-state index in [1.165, 1.54) is 5.57 Å². The number of nitrogens with zero attached hydrogens (tertiary/aromatic N) is 1. The molecule has 5 fully saturated rings. The molecule has 4 aliphatic heterocycles. The van der Waals surface area contributed by atoms with E-state index < -0.39 is 30.6 Å². The molecule has 0 aromatic carbocycles. The molecule has 0 amide bonds. The number of ether oxygens (including phenoxy) is 2. The second kappa shape index (κ2) is 8.55. The largest absolute Gasteiger partial charge is 0.543 e. The van der Waals surface area contributed by atoms with Gasteiger partial charge in [-0.3, -0.25) is 9.59 Å². The van der Waals surface area contributed by atoms with Gasteiger partial charge >= 0.3 is 5.97 Å². The molecule has 7 aliphatic rings. The predicted octanol–water partition coefficient (Wildman–Crippen LogP) is 7.67. The summed E-state index contributed by atoms with van der Waals surface area (Å²) in [6, 6.07) is 0. The van der Waals surface area contributed by atoms with Crippen LogP contribution in [0.3, 0.4) is 0 Å². The van der Waals surface area contributed by atoms with E-state index in [9.17, 15) is 9.59 Å². The highest BCUT2D eigenvalue weighted by Crippen LogP contribution is 2.77. The first-order valence-electron chi connectivity index (χ1n) is 16.8. The van der Waals surface area contributed by atoms with Crippen molar-refractivity contribution < 1.29 is 23.5 Å². The number of hydrogen-bond acceptors (Lipinski definition) is 6. The van der Waals surface area contributed by atoms with Gasteiger partial charge < -0.3 is 13.9 Å². The number of rotatable bonds is 2. The van der Waals surface area contributed by atoms with Crippen molar-refractivity contribution in [2.24, 2.45) is 34.0 Å². The number of esters is 1. The van der Waals surface area contributed by atoms with Crippen molar-refractivity contribution in [1.82, 2.24) is 4.90 Å². The Morgan fingerprint density at radius 1 is 1.09 bits per heavy atom. The van der Waals surface area contributed by atoms with Crippen molar-refractivity contribution in [2.45, 2.75) is 137 Å². The minimum absolute atomic E-state index is 0.00258. The lowest BCUT2D eigenvalue weighted by Gasteiger charge is -2.76. The highest BCUT2D eigenvalue weighted by Gasteiger charge is 2.82. The topological polar surface area (TPSA) is 65.1 Å². The molecule has 4 bridgehead atoms. The maximum Gasteiger partial charge on any atom is 0.308 e. The lowest BCUT2D eigenvalue weighted by atomic mass is 9.35. The molecule has 0 unspecified atom stereocenters. The Morgan fingerprint density at radius 2 is 1.79 bits per heavy atom. The number of allylic oxidation sites excluding steroid dienone is 5. The van der Waals surface area contributed by atoms with Crippen LogP contribution in [0.5, 0.6) is 0 Å². The monoisotopic (exact) mass is 607 g/mol. The van der Waals surface area contributed by atoms with Crippen molar-refractivity contribution in [3.63, 3.8) is 0 Å². The first-order valence-corrected chi connectivity index (χ1v) is 19.7. The average Bonchev–Trinajstić information content (AvgIpc) is 3.13. The summed E-state index contributed by atoms with van der Waals surface area (Å²) in [6.45, 7) is 25.6. The third-order valence-electron chi connectivity index (χ3n) is 14.2. The van der Waals surface area contributed by atoms with E-state index in [-0.39, 0.29) is 46.6 Å². The molecule has 0 radical (unpaired) electrons. The molecule has 7 rings (SSSR count). The highest BCUT2D eigenvalue weighted by molar-refractivity contribution is 6.74. The van der Waals surface area contributed by atoms with E-state index in [1.807, 2.05) is 6.92 Å². The van der Waals surface area contributed by atoms with Gasteiger partial charge in [0.2, 0.25) is 8.32 Å². The average molecular weight is 608 g/mol. The lowest BCUT2D eigenvalue weighted by molar-refractivity contribution is -0.375. The SMILES string of the molecule is CC1=C[C@@H]2C(=C(C)C(=O)[C@H]3[C@@]2(C)C[C@@]24OC(=O)C[C@]3(C)[C@]2(C)CC[C@]23C[C@@H](C)C[C@H](CN24)O3)C(O[Si](C)(C)C(C)(C)C)=C1. The molecule has 236 valence electrons. The fourth-order valence-electron chi connectivity index (χ4n) is 11.1. The summed E-state index contributed by atoms with van der Waals surface area (Å²) in [4.78, 5) is 31.2. The molecule has 43 heavy (non-hydrogen) atoms. The summed E-state index contributed by atoms with van der Waals surface area (Å²) < 4.78 is 20.7. The quantitative estimate of drug-likeness (QED) is 0.237. The van der Waals surface area contributed by atoms with Crippen LogP contribution in [0.25, 0.3) is 0 Å². The van der Waals surface area contributed by atoms with Gasteiger partial charge in [-0.1, -0.05) is 60.1 Å². The molecule has 7 heteroatoms. The van der Waals surface area contributed by atoms with Gasteiger partial charge in [0.05, 0.1) is 12.5 Å². The first-order chi connectivity index (χ1) is 19.7. The number of carbonyl (C=O) groups excluding carboxylic acids is 2. The molecule has 0 N–H and O–H groups in total. The van der Waals surface area contributed by atoms with Crippen molar-refractivity contribution in [3.8, 4) is 0 Å². The Bertz CT molecular complexity index is 1420. The van der Waals surface area contributed by atoms with E-state index in [1.54, 1.807) is 0 Å². The third-order valence-corrected chi connectivity index (χ3v) is 18.5. The van der Waals surface area contributed by atoms with E-state index in [0.29, 0.717) is 12.3 Å². The molecular weight excluding hydrogens is 554 g/mol. The predicted molar refractivity (Wildman–Crippen MR) is 169 cm³/mol. The zero-order valence-corrected chi connectivity index (χ0v) is 29.4. The number of piperidine rings is 1. The molecule has 4 saturated heterocycles. The van der Waals surface area contributed by atoms with Gasteiger partial charge in [0.25, 0.3) is 0 Å². The Kier molecular flexibility index (Phi) is 5.96. The summed E-state index contributed by atoms with van der Waals surface area (Å²) >= 11 is 0. The molecule has 4 heterocycles. The minimum atomic E-state index is -2.18. The molecule has 0 aromatic heterocycles. The van der Waals surface area contributed by atoms with Gasteiger partial charge in [-0.15, -0.1) is 0 Å². The van der Waals surface area contributed by atoms with Gasteiger partial charge in [0.1, 0.15) is 11.5 Å². The van der Waals surface area contributed by atoms with Crippen molar-refractivity contribution >= 4 is 20.1 Å². The summed E-state index contributed by atoms with van der Waals surface area (Å²) in [5.74, 6) is 1.20. The van der Waals surface area contributed by atoms with Crippen LogP contribution in [0.4, 0.5) is 0 Å². The first kappa shape index (κ1) is 30.0. The van der Waals surface area contributed by atoms with Gasteiger partial charge in [0, 0.05) is 35.8 Å². The van der Waals surface area contributed by atoms with Crippen LogP contribution in [0.1, 0.15) is 101 Å². The highest BCUT2D eigenvalue weighted by atomic mass is 28.4. The van der Waals surface area contributed by atoms with Crippen LogP contribution in [-0.4, -0.2) is 49.1 Å². The van der Waals surface area contributed by atoms with Crippen LogP contribution in [0, 0.1) is 34.0 Å². The third kappa shape index (κ3) is 3.54. The maximum absolute atomic E-state index is 14.9. The van der Waals surface area contributed by atoms with E-state index in [0.717, 1.165) is 49.1 Å². The minimum Gasteiger partial charge on any atom is -0.543 e. The van der Waals surface area contributed by atoms with Gasteiger partial charge in [-0.2, -0.15) is 0 Å². The lowest BCUT2D eigenvalue weighted by Crippen LogP contribution is -2.82. The number of ketones is 1. The number of fused-ring (bicyclic) bond motifs is 5. The second-order valence-electron chi connectivity index (χ2n) is 17.8. The Labute approximate surface area is 259 Å². The van der Waals surface area contributed by atoms with Gasteiger partial charge in [0.15, 0.2) is 11.5 Å². The maximum atomic E-state index is 14.9. The summed E-state index contributed by atoms with van der Waals surface area (Å²) in [6.07, 6.45) is 9.44. The van der Waals surface area contributed by atoms with E-state index in [4.69, 9.17) is 13.9 Å². The normalized spacial score (nSPS) is 47.5. The van der Waals surface area contributed by atoms with Crippen LogP contribution < -0.4 is 0 Å². The standard InChI is InChI=1S/C36H53NO5Si/c1-21-15-25-28(26(16-21)42-43(10,11)31(4,5)6)23(3)29(39)30-32(25,7)20-36-34(9,33(30,8)18-27(38)41-36)12-13-35-17-22(2)14-24(40-35)19-37(35)36/h15-16,22,24-25,30H,12-14,17-20H2,1-11H3/t22-,24+,25+,30-,32-,33-,34-,35-,36+/m0/s1.